The van der Waals surface area contributed by atoms with Crippen molar-refractivity contribution in [2.75, 3.05) is 33.8 Å². The smallest absolute Gasteiger partial charge is 0.223 e. The highest BCUT2D eigenvalue weighted by molar-refractivity contribution is 5.76. The Morgan fingerprint density at radius 1 is 1.46 bits per heavy atom. The second-order valence-corrected chi connectivity index (χ2v) is 7.06. The predicted octanol–water partition coefficient (Wildman–Crippen LogP) is 1.79. The van der Waals surface area contributed by atoms with E-state index in [1.165, 1.54) is 6.42 Å². The normalized spacial score (nSPS) is 18.6. The number of likely N-dealkylation sites (tertiary alicyclic amines) is 1. The summed E-state index contributed by atoms with van der Waals surface area (Å²) < 4.78 is 7.69. The summed E-state index contributed by atoms with van der Waals surface area (Å²) in [4.78, 5) is 21.2. The summed E-state index contributed by atoms with van der Waals surface area (Å²) in [7, 11) is 4.18. The van der Waals surface area contributed by atoms with Crippen molar-refractivity contribution in [3.05, 3.63) is 18.2 Å². The lowest BCUT2D eigenvalue weighted by atomic mass is 10.0. The van der Waals surface area contributed by atoms with Gasteiger partial charge in [-0.15, -0.1) is 0 Å². The van der Waals surface area contributed by atoms with E-state index in [1.807, 2.05) is 24.9 Å². The number of nitrogens with zero attached hydrogens (tertiary/aromatic N) is 4. The standard InChI is InChI=1S/C18H32N4O2/c1-15(2)24-13-12-21-11-9-19-17(21)7-8-18(23)22-10-5-6-16(14-22)20(3)4/h9,11,15-16H,5-8,10,12-14H2,1-4H3. The number of hydrogen-bond donors (Lipinski definition) is 0. The van der Waals surface area contributed by atoms with E-state index in [-0.39, 0.29) is 12.0 Å². The fraction of sp³-hybridized carbons (Fsp3) is 0.778. The van der Waals surface area contributed by atoms with E-state index in [4.69, 9.17) is 4.74 Å². The molecule has 0 bridgehead atoms. The number of amides is 1. The molecule has 6 nitrogen and oxygen atoms in total. The molecule has 0 saturated carbocycles. The average molecular weight is 336 g/mol. The molecule has 1 atom stereocenters. The van der Waals surface area contributed by atoms with Crippen LogP contribution in [0.1, 0.15) is 38.9 Å². The van der Waals surface area contributed by atoms with Crippen LogP contribution in [-0.4, -0.2) is 71.2 Å². The van der Waals surface area contributed by atoms with Gasteiger partial charge in [-0.1, -0.05) is 0 Å². The second kappa shape index (κ2) is 9.18. The number of carbonyl (C=O) groups excluding carboxylic acids is 1. The van der Waals surface area contributed by atoms with E-state index in [2.05, 4.69) is 28.5 Å². The molecule has 1 amide bonds. The third-order valence-electron chi connectivity index (χ3n) is 4.63. The second-order valence-electron chi connectivity index (χ2n) is 7.06. The van der Waals surface area contributed by atoms with Crippen molar-refractivity contribution in [2.45, 2.75) is 58.2 Å². The van der Waals surface area contributed by atoms with Crippen LogP contribution in [0.4, 0.5) is 0 Å². The molecule has 0 aromatic carbocycles. The molecule has 1 aromatic heterocycles. The van der Waals surface area contributed by atoms with Crippen LogP contribution in [0, 0.1) is 0 Å². The molecule has 136 valence electrons. The molecule has 1 unspecified atom stereocenters. The first kappa shape index (κ1) is 18.9. The molecule has 0 aliphatic carbocycles. The quantitative estimate of drug-likeness (QED) is 0.726. The fourth-order valence-electron chi connectivity index (χ4n) is 3.14. The molecule has 1 aromatic rings. The van der Waals surface area contributed by atoms with Crippen LogP contribution >= 0.6 is 0 Å². The summed E-state index contributed by atoms with van der Waals surface area (Å²) in [5.41, 5.74) is 0. The van der Waals surface area contributed by atoms with Crippen molar-refractivity contribution in [2.24, 2.45) is 0 Å². The molecule has 24 heavy (non-hydrogen) atoms. The zero-order valence-corrected chi connectivity index (χ0v) is 15.6. The van der Waals surface area contributed by atoms with Crippen LogP contribution in [0.2, 0.25) is 0 Å². The molecular weight excluding hydrogens is 304 g/mol. The highest BCUT2D eigenvalue weighted by atomic mass is 16.5. The minimum atomic E-state index is 0.238. The Balaban J connectivity index is 1.80. The molecule has 2 heterocycles. The molecule has 2 rings (SSSR count). The van der Waals surface area contributed by atoms with Crippen molar-refractivity contribution >= 4 is 5.91 Å². The lowest BCUT2D eigenvalue weighted by molar-refractivity contribution is -0.133. The van der Waals surface area contributed by atoms with Crippen molar-refractivity contribution in [3.8, 4) is 0 Å². The monoisotopic (exact) mass is 336 g/mol. The SMILES string of the molecule is CC(C)OCCn1ccnc1CCC(=O)N1CCCC(N(C)C)C1. The Kier molecular flexibility index (Phi) is 7.24. The number of carbonyl (C=O) groups is 1. The fourth-order valence-corrected chi connectivity index (χ4v) is 3.14. The first-order chi connectivity index (χ1) is 11.5. The van der Waals surface area contributed by atoms with Gasteiger partial charge < -0.3 is 19.1 Å². The molecular formula is C18H32N4O2. The first-order valence-corrected chi connectivity index (χ1v) is 9.03. The largest absolute Gasteiger partial charge is 0.377 e. The number of likely N-dealkylation sites (N-methyl/N-ethyl adjacent to an activating group) is 1. The topological polar surface area (TPSA) is 50.6 Å². The molecule has 6 heteroatoms. The summed E-state index contributed by atoms with van der Waals surface area (Å²) in [6, 6.07) is 0.484. The van der Waals surface area contributed by atoms with Gasteiger partial charge in [-0.3, -0.25) is 4.79 Å². The molecule has 1 saturated heterocycles. The summed E-state index contributed by atoms with van der Waals surface area (Å²) >= 11 is 0. The van der Waals surface area contributed by atoms with Gasteiger partial charge in [0.25, 0.3) is 0 Å². The van der Waals surface area contributed by atoms with Crippen LogP contribution in [0.5, 0.6) is 0 Å². The molecule has 1 aliphatic heterocycles. The Morgan fingerprint density at radius 3 is 2.96 bits per heavy atom. The van der Waals surface area contributed by atoms with Crippen molar-refractivity contribution in [3.63, 3.8) is 0 Å². The Labute approximate surface area is 145 Å². The Hall–Kier alpha value is -1.40. The summed E-state index contributed by atoms with van der Waals surface area (Å²) in [6.45, 7) is 7.27. The van der Waals surface area contributed by atoms with Gasteiger partial charge in [-0.25, -0.2) is 4.98 Å². The van der Waals surface area contributed by atoms with Crippen LogP contribution in [-0.2, 0) is 22.5 Å². The van der Waals surface area contributed by atoms with Crippen molar-refractivity contribution in [1.29, 1.82) is 0 Å². The minimum absolute atomic E-state index is 0.238. The van der Waals surface area contributed by atoms with Crippen LogP contribution in [0.25, 0.3) is 0 Å². The Bertz CT molecular complexity index is 513. The van der Waals surface area contributed by atoms with Crippen LogP contribution in [0.3, 0.4) is 0 Å². The van der Waals surface area contributed by atoms with E-state index in [1.54, 1.807) is 6.20 Å². The van der Waals surface area contributed by atoms with Gasteiger partial charge in [-0.2, -0.15) is 0 Å². The highest BCUT2D eigenvalue weighted by Gasteiger charge is 2.24. The van der Waals surface area contributed by atoms with Crippen LogP contribution < -0.4 is 0 Å². The first-order valence-electron chi connectivity index (χ1n) is 9.03. The number of hydrogen-bond acceptors (Lipinski definition) is 4. The lowest BCUT2D eigenvalue weighted by Gasteiger charge is -2.36. The summed E-state index contributed by atoms with van der Waals surface area (Å²) in [5, 5.41) is 0. The average Bonchev–Trinajstić information content (AvgIpc) is 2.99. The third-order valence-corrected chi connectivity index (χ3v) is 4.63. The Morgan fingerprint density at radius 2 is 2.25 bits per heavy atom. The van der Waals surface area contributed by atoms with Gasteiger partial charge in [-0.05, 0) is 40.8 Å². The zero-order valence-electron chi connectivity index (χ0n) is 15.6. The minimum Gasteiger partial charge on any atom is -0.377 e. The number of aryl methyl sites for hydroxylation is 1. The van der Waals surface area contributed by atoms with Gasteiger partial charge in [0.1, 0.15) is 5.82 Å². The van der Waals surface area contributed by atoms with Gasteiger partial charge in [0.05, 0.1) is 12.7 Å². The molecule has 0 radical (unpaired) electrons. The third kappa shape index (κ3) is 5.60. The van der Waals surface area contributed by atoms with E-state index in [0.717, 1.165) is 31.9 Å². The molecule has 0 N–H and O–H groups in total. The molecule has 1 fully saturated rings. The van der Waals surface area contributed by atoms with Gasteiger partial charge in [0.15, 0.2) is 0 Å². The predicted molar refractivity (Wildman–Crippen MR) is 94.9 cm³/mol. The summed E-state index contributed by atoms with van der Waals surface area (Å²) in [6.07, 6.45) is 7.50. The maximum absolute atomic E-state index is 12.5. The maximum Gasteiger partial charge on any atom is 0.223 e. The van der Waals surface area contributed by atoms with Gasteiger partial charge in [0, 0.05) is 50.9 Å². The number of piperidine rings is 1. The number of rotatable bonds is 8. The number of ether oxygens (including phenoxy) is 1. The number of aromatic nitrogens is 2. The van der Waals surface area contributed by atoms with Gasteiger partial charge in [0.2, 0.25) is 5.91 Å². The zero-order chi connectivity index (χ0) is 17.5. The van der Waals surface area contributed by atoms with Crippen molar-refractivity contribution < 1.29 is 9.53 Å². The van der Waals surface area contributed by atoms with E-state index in [9.17, 15) is 4.79 Å². The van der Waals surface area contributed by atoms with E-state index >= 15 is 0 Å². The van der Waals surface area contributed by atoms with E-state index < -0.39 is 0 Å². The molecule has 0 spiro atoms. The maximum atomic E-state index is 12.5. The van der Waals surface area contributed by atoms with Crippen molar-refractivity contribution in [1.82, 2.24) is 19.4 Å². The summed E-state index contributed by atoms with van der Waals surface area (Å²) in [5.74, 6) is 1.21. The molecule has 1 aliphatic rings. The van der Waals surface area contributed by atoms with Gasteiger partial charge >= 0.3 is 0 Å². The highest BCUT2D eigenvalue weighted by Crippen LogP contribution is 2.15. The lowest BCUT2D eigenvalue weighted by Crippen LogP contribution is -2.47. The van der Waals surface area contributed by atoms with E-state index in [0.29, 0.717) is 25.5 Å². The number of imidazole rings is 1. The van der Waals surface area contributed by atoms with Crippen LogP contribution in [0.15, 0.2) is 12.4 Å².